The van der Waals surface area contributed by atoms with Crippen LogP contribution in [0.25, 0.3) is 0 Å². The lowest BCUT2D eigenvalue weighted by molar-refractivity contribution is 0.0954. The second kappa shape index (κ2) is 8.24. The van der Waals surface area contributed by atoms with Crippen molar-refractivity contribution >= 4 is 23.9 Å². The van der Waals surface area contributed by atoms with Crippen molar-refractivity contribution in [3.05, 3.63) is 53.6 Å². The predicted molar refractivity (Wildman–Crippen MR) is 92.8 cm³/mol. The van der Waals surface area contributed by atoms with Gasteiger partial charge >= 0.3 is 0 Å². The van der Waals surface area contributed by atoms with Gasteiger partial charge in [0.05, 0.1) is 20.4 Å². The summed E-state index contributed by atoms with van der Waals surface area (Å²) in [4.78, 5) is 13.3. The van der Waals surface area contributed by atoms with E-state index in [-0.39, 0.29) is 5.91 Å². The summed E-state index contributed by atoms with van der Waals surface area (Å²) in [5.41, 5.74) is 3.81. The Morgan fingerprint density at radius 2 is 1.70 bits per heavy atom. The summed E-state index contributed by atoms with van der Waals surface area (Å²) in [6.45, 7) is 0. The minimum absolute atomic E-state index is 0.334. The van der Waals surface area contributed by atoms with Crippen molar-refractivity contribution in [3.8, 4) is 11.5 Å². The third-order valence-electron chi connectivity index (χ3n) is 3.11. The van der Waals surface area contributed by atoms with Crippen LogP contribution in [0, 0.1) is 0 Å². The van der Waals surface area contributed by atoms with E-state index in [1.54, 1.807) is 36.2 Å². The van der Waals surface area contributed by atoms with Crippen LogP contribution in [0.3, 0.4) is 0 Å². The molecule has 1 N–H and O–H groups in total. The molecule has 23 heavy (non-hydrogen) atoms. The summed E-state index contributed by atoms with van der Waals surface area (Å²) in [6.07, 6.45) is 3.62. The van der Waals surface area contributed by atoms with Gasteiger partial charge < -0.3 is 9.47 Å². The number of carbonyl (C=O) groups is 1. The average molecular weight is 330 g/mol. The molecule has 0 radical (unpaired) electrons. The number of amides is 1. The second-order valence-electron chi connectivity index (χ2n) is 4.57. The van der Waals surface area contributed by atoms with Gasteiger partial charge in [0, 0.05) is 16.5 Å². The van der Waals surface area contributed by atoms with Crippen molar-refractivity contribution in [2.45, 2.75) is 4.90 Å². The number of carbonyl (C=O) groups excluding carboxylic acids is 1. The predicted octanol–water partition coefficient (Wildman–Crippen LogP) is 3.19. The molecule has 0 bridgehead atoms. The van der Waals surface area contributed by atoms with Gasteiger partial charge in [0.25, 0.3) is 5.91 Å². The normalized spacial score (nSPS) is 10.6. The number of rotatable bonds is 6. The first-order valence-electron chi connectivity index (χ1n) is 6.87. The van der Waals surface area contributed by atoms with E-state index in [4.69, 9.17) is 9.47 Å². The monoisotopic (exact) mass is 330 g/mol. The molecular weight excluding hydrogens is 312 g/mol. The van der Waals surface area contributed by atoms with Gasteiger partial charge in [0.2, 0.25) is 0 Å². The molecule has 2 aromatic rings. The Bertz CT molecular complexity index is 677. The van der Waals surface area contributed by atoms with Gasteiger partial charge in [0.1, 0.15) is 11.5 Å². The van der Waals surface area contributed by atoms with Gasteiger partial charge in [-0.1, -0.05) is 12.1 Å². The first-order valence-corrected chi connectivity index (χ1v) is 8.09. The second-order valence-corrected chi connectivity index (χ2v) is 5.45. The van der Waals surface area contributed by atoms with E-state index in [0.717, 1.165) is 5.56 Å². The molecule has 120 valence electrons. The minimum Gasteiger partial charge on any atom is -0.497 e. The van der Waals surface area contributed by atoms with Crippen LogP contribution in [0.1, 0.15) is 15.9 Å². The molecule has 0 fully saturated rings. The maximum absolute atomic E-state index is 12.1. The fourth-order valence-electron chi connectivity index (χ4n) is 1.86. The zero-order chi connectivity index (χ0) is 16.7. The molecule has 0 aromatic heterocycles. The average Bonchev–Trinajstić information content (AvgIpc) is 2.61. The molecule has 0 unspecified atom stereocenters. The molecule has 2 rings (SSSR count). The van der Waals surface area contributed by atoms with Crippen LogP contribution >= 0.6 is 11.8 Å². The first-order chi connectivity index (χ1) is 11.2. The van der Waals surface area contributed by atoms with Gasteiger partial charge in [-0.25, -0.2) is 5.43 Å². The van der Waals surface area contributed by atoms with Gasteiger partial charge in [0.15, 0.2) is 0 Å². The van der Waals surface area contributed by atoms with Crippen molar-refractivity contribution in [2.75, 3.05) is 20.5 Å². The lowest BCUT2D eigenvalue weighted by atomic mass is 10.2. The van der Waals surface area contributed by atoms with E-state index in [2.05, 4.69) is 10.5 Å². The molecule has 0 aliphatic rings. The van der Waals surface area contributed by atoms with Crippen molar-refractivity contribution in [1.82, 2.24) is 5.43 Å². The van der Waals surface area contributed by atoms with Crippen LogP contribution in [0.15, 0.2) is 52.5 Å². The van der Waals surface area contributed by atoms with E-state index in [1.807, 2.05) is 30.5 Å². The lowest BCUT2D eigenvalue weighted by Crippen LogP contribution is -2.17. The SMILES string of the molecule is COc1cc(OC)cc(C(=O)N/N=C/c2ccc(SC)cc2)c1. The van der Waals surface area contributed by atoms with Crippen molar-refractivity contribution < 1.29 is 14.3 Å². The standard InChI is InChI=1S/C17H18N2O3S/c1-21-14-8-13(9-15(10-14)22-2)17(20)19-18-11-12-4-6-16(23-3)7-5-12/h4-11H,1-3H3,(H,19,20)/b18-11+. The summed E-state index contributed by atoms with van der Waals surface area (Å²) < 4.78 is 10.3. The van der Waals surface area contributed by atoms with Crippen LogP contribution in [-0.4, -0.2) is 32.6 Å². The zero-order valence-corrected chi connectivity index (χ0v) is 14.0. The number of hydrogen-bond acceptors (Lipinski definition) is 5. The summed E-state index contributed by atoms with van der Waals surface area (Å²) in [6, 6.07) is 12.8. The Labute approximate surface area is 139 Å². The molecule has 6 heteroatoms. The van der Waals surface area contributed by atoms with E-state index < -0.39 is 0 Å². The zero-order valence-electron chi connectivity index (χ0n) is 13.2. The van der Waals surface area contributed by atoms with Crippen LogP contribution in [0.4, 0.5) is 0 Å². The smallest absolute Gasteiger partial charge is 0.271 e. The van der Waals surface area contributed by atoms with Crippen LogP contribution < -0.4 is 14.9 Å². The molecule has 5 nitrogen and oxygen atoms in total. The number of ether oxygens (including phenoxy) is 2. The highest BCUT2D eigenvalue weighted by Gasteiger charge is 2.08. The molecule has 0 aliphatic heterocycles. The largest absolute Gasteiger partial charge is 0.497 e. The molecular formula is C17H18N2O3S. The molecule has 0 saturated carbocycles. The topological polar surface area (TPSA) is 59.9 Å². The van der Waals surface area contributed by atoms with Gasteiger partial charge in [-0.3, -0.25) is 4.79 Å². The fraction of sp³-hybridized carbons (Fsp3) is 0.176. The fourth-order valence-corrected chi connectivity index (χ4v) is 2.27. The Hall–Kier alpha value is -2.47. The quantitative estimate of drug-likeness (QED) is 0.502. The Morgan fingerprint density at radius 3 is 2.22 bits per heavy atom. The highest BCUT2D eigenvalue weighted by atomic mass is 32.2. The number of methoxy groups -OCH3 is 2. The number of nitrogens with one attached hydrogen (secondary N) is 1. The van der Waals surface area contributed by atoms with Crippen molar-refractivity contribution in [3.63, 3.8) is 0 Å². The summed E-state index contributed by atoms with van der Waals surface area (Å²) in [7, 11) is 3.07. The van der Waals surface area contributed by atoms with E-state index in [0.29, 0.717) is 17.1 Å². The van der Waals surface area contributed by atoms with Crippen molar-refractivity contribution in [1.29, 1.82) is 0 Å². The third kappa shape index (κ3) is 4.75. The maximum Gasteiger partial charge on any atom is 0.271 e. The first kappa shape index (κ1) is 16.9. The van der Waals surface area contributed by atoms with Crippen LogP contribution in [0.2, 0.25) is 0 Å². The Balaban J connectivity index is 2.05. The number of hydrazone groups is 1. The highest BCUT2D eigenvalue weighted by Crippen LogP contribution is 2.22. The Morgan fingerprint density at radius 1 is 1.09 bits per heavy atom. The maximum atomic E-state index is 12.1. The van der Waals surface area contributed by atoms with Crippen molar-refractivity contribution in [2.24, 2.45) is 5.10 Å². The molecule has 0 spiro atoms. The molecule has 0 atom stereocenters. The van der Waals surface area contributed by atoms with Crippen LogP contribution in [0.5, 0.6) is 11.5 Å². The minimum atomic E-state index is -0.334. The van der Waals surface area contributed by atoms with Gasteiger partial charge in [-0.15, -0.1) is 11.8 Å². The number of thioether (sulfide) groups is 1. The van der Waals surface area contributed by atoms with Gasteiger partial charge in [-0.05, 0) is 36.1 Å². The molecule has 0 aliphatic carbocycles. The molecule has 1 amide bonds. The Kier molecular flexibility index (Phi) is 6.05. The number of hydrogen-bond donors (Lipinski definition) is 1. The number of benzene rings is 2. The van der Waals surface area contributed by atoms with E-state index >= 15 is 0 Å². The molecule has 0 heterocycles. The van der Waals surface area contributed by atoms with Crippen LogP contribution in [-0.2, 0) is 0 Å². The third-order valence-corrected chi connectivity index (χ3v) is 3.85. The summed E-state index contributed by atoms with van der Waals surface area (Å²) in [5, 5.41) is 3.97. The summed E-state index contributed by atoms with van der Waals surface area (Å²) in [5.74, 6) is 0.761. The molecule has 0 saturated heterocycles. The molecule has 2 aromatic carbocycles. The highest BCUT2D eigenvalue weighted by molar-refractivity contribution is 7.98. The lowest BCUT2D eigenvalue weighted by Gasteiger charge is -2.07. The summed E-state index contributed by atoms with van der Waals surface area (Å²) >= 11 is 1.67. The van der Waals surface area contributed by atoms with E-state index in [1.165, 1.54) is 19.1 Å². The number of nitrogens with zero attached hydrogens (tertiary/aromatic N) is 1. The van der Waals surface area contributed by atoms with Gasteiger partial charge in [-0.2, -0.15) is 5.10 Å². The van der Waals surface area contributed by atoms with E-state index in [9.17, 15) is 4.79 Å².